The first kappa shape index (κ1) is 10.5. The van der Waals surface area contributed by atoms with Crippen molar-refractivity contribution >= 4 is 17.7 Å². The summed E-state index contributed by atoms with van der Waals surface area (Å²) in [5, 5.41) is 12.8. The van der Waals surface area contributed by atoms with Crippen LogP contribution in [0.15, 0.2) is 24.3 Å². The average molecular weight is 223 g/mol. The normalized spacial score (nSPS) is 25.4. The highest BCUT2D eigenvalue weighted by Gasteiger charge is 2.31. The third-order valence-electron chi connectivity index (χ3n) is 2.66. The van der Waals surface area contributed by atoms with E-state index in [2.05, 4.69) is 19.1 Å². The Labute approximate surface area is 92.9 Å². The Morgan fingerprint density at radius 2 is 2.27 bits per heavy atom. The van der Waals surface area contributed by atoms with E-state index in [9.17, 15) is 9.90 Å². The predicted molar refractivity (Wildman–Crippen MR) is 57.1 cm³/mol. The van der Waals surface area contributed by atoms with E-state index in [1.54, 1.807) is 11.8 Å². The highest BCUT2D eigenvalue weighted by molar-refractivity contribution is 7.99. The summed E-state index contributed by atoms with van der Waals surface area (Å²) in [6, 6.07) is 7.69. The standard InChI is InChI=1S/C11H13NO2S/c1-7-4-2-3-5-8(7)10-12-9(6-15-10)11(13)14/h2-5,9-10,12H,6H2,1H3,(H,13,14)/t9-,10-/m0/s1. The van der Waals surface area contributed by atoms with Gasteiger partial charge < -0.3 is 15.2 Å². The second-order valence-electron chi connectivity index (χ2n) is 3.73. The summed E-state index contributed by atoms with van der Waals surface area (Å²) < 4.78 is 0. The molecule has 0 radical (unpaired) electrons. The molecule has 1 fully saturated rings. The average Bonchev–Trinajstić information content (AvgIpc) is 2.67. The molecular weight excluding hydrogens is 210 g/mol. The highest BCUT2D eigenvalue weighted by atomic mass is 32.2. The molecule has 4 heteroatoms. The zero-order valence-corrected chi connectivity index (χ0v) is 9.29. The van der Waals surface area contributed by atoms with Gasteiger partial charge in [-0.3, -0.25) is 0 Å². The van der Waals surface area contributed by atoms with E-state index in [0.29, 0.717) is 5.75 Å². The second-order valence-corrected chi connectivity index (χ2v) is 4.90. The molecule has 1 aromatic carbocycles. The number of carboxylic acids is 1. The summed E-state index contributed by atoms with van der Waals surface area (Å²) in [5.41, 5.74) is 2.43. The maximum absolute atomic E-state index is 10.7. The first-order chi connectivity index (χ1) is 7.18. The van der Waals surface area contributed by atoms with Crippen LogP contribution < -0.4 is 10.4 Å². The van der Waals surface area contributed by atoms with Gasteiger partial charge in [-0.15, -0.1) is 0 Å². The lowest BCUT2D eigenvalue weighted by Gasteiger charge is -2.12. The van der Waals surface area contributed by atoms with Gasteiger partial charge in [0.15, 0.2) is 5.37 Å². The molecular formula is C11H13NO2S. The summed E-state index contributed by atoms with van der Waals surface area (Å²) in [7, 11) is 0. The van der Waals surface area contributed by atoms with E-state index >= 15 is 0 Å². The Balaban J connectivity index is 2.14. The van der Waals surface area contributed by atoms with Crippen molar-refractivity contribution in [2.24, 2.45) is 0 Å². The molecule has 0 spiro atoms. The van der Waals surface area contributed by atoms with Gasteiger partial charge in [0.05, 0.1) is 5.75 Å². The molecule has 1 saturated heterocycles. The van der Waals surface area contributed by atoms with Gasteiger partial charge in [0.25, 0.3) is 0 Å². The number of quaternary nitrogens is 1. The number of rotatable bonds is 2. The van der Waals surface area contributed by atoms with E-state index in [0.717, 1.165) is 0 Å². The van der Waals surface area contributed by atoms with Crippen LogP contribution in [-0.4, -0.2) is 17.8 Å². The lowest BCUT2D eigenvalue weighted by atomic mass is 10.1. The SMILES string of the molecule is Cc1ccccc1[C@H]1[NH2+][C@H](C(=O)[O-])CS1. The molecule has 0 aromatic heterocycles. The van der Waals surface area contributed by atoms with Gasteiger partial charge in [0.2, 0.25) is 0 Å². The number of thioether (sulfide) groups is 1. The molecule has 0 amide bonds. The smallest absolute Gasteiger partial charge is 0.159 e. The molecule has 1 heterocycles. The van der Waals surface area contributed by atoms with Crippen molar-refractivity contribution in [3.8, 4) is 0 Å². The molecule has 15 heavy (non-hydrogen) atoms. The molecule has 0 bridgehead atoms. The van der Waals surface area contributed by atoms with Crippen molar-refractivity contribution in [1.82, 2.24) is 0 Å². The first-order valence-electron chi connectivity index (χ1n) is 4.91. The van der Waals surface area contributed by atoms with Crippen LogP contribution in [0.25, 0.3) is 0 Å². The van der Waals surface area contributed by atoms with Crippen molar-refractivity contribution in [2.75, 3.05) is 5.75 Å². The minimum atomic E-state index is -0.960. The van der Waals surface area contributed by atoms with E-state index in [1.165, 1.54) is 11.1 Å². The fraction of sp³-hybridized carbons (Fsp3) is 0.364. The van der Waals surface area contributed by atoms with Crippen molar-refractivity contribution in [2.45, 2.75) is 18.3 Å². The van der Waals surface area contributed by atoms with Crippen LogP contribution >= 0.6 is 11.8 Å². The van der Waals surface area contributed by atoms with Crippen molar-refractivity contribution < 1.29 is 15.2 Å². The number of aliphatic carboxylic acids is 1. The largest absolute Gasteiger partial charge is 0.544 e. The molecule has 80 valence electrons. The molecule has 1 aliphatic rings. The van der Waals surface area contributed by atoms with Gasteiger partial charge in [-0.05, 0) is 12.5 Å². The minimum absolute atomic E-state index is 0.203. The molecule has 1 aliphatic heterocycles. The Bertz CT molecular complexity index is 381. The van der Waals surface area contributed by atoms with E-state index in [4.69, 9.17) is 0 Å². The molecule has 2 N–H and O–H groups in total. The van der Waals surface area contributed by atoms with Crippen LogP contribution in [0.5, 0.6) is 0 Å². The fourth-order valence-electron chi connectivity index (χ4n) is 1.78. The summed E-state index contributed by atoms with van der Waals surface area (Å²) in [5.74, 6) is -0.333. The first-order valence-corrected chi connectivity index (χ1v) is 5.96. The number of nitrogens with two attached hydrogens (primary N) is 1. The summed E-state index contributed by atoms with van der Waals surface area (Å²) in [6.45, 7) is 2.05. The number of benzene rings is 1. The fourth-order valence-corrected chi connectivity index (χ4v) is 3.18. The predicted octanol–water partition coefficient (Wildman–Crippen LogP) is -0.578. The zero-order chi connectivity index (χ0) is 10.8. The van der Waals surface area contributed by atoms with Crippen molar-refractivity contribution in [3.05, 3.63) is 35.4 Å². The van der Waals surface area contributed by atoms with Crippen LogP contribution in [0.1, 0.15) is 16.5 Å². The van der Waals surface area contributed by atoms with Crippen LogP contribution in [-0.2, 0) is 4.79 Å². The number of carboxylic acid groups (broad SMARTS) is 1. The topological polar surface area (TPSA) is 56.7 Å². The number of hydrogen-bond donors (Lipinski definition) is 1. The highest BCUT2D eigenvalue weighted by Crippen LogP contribution is 2.28. The van der Waals surface area contributed by atoms with Crippen molar-refractivity contribution in [3.63, 3.8) is 0 Å². The summed E-state index contributed by atoms with van der Waals surface area (Å²) in [4.78, 5) is 10.7. The van der Waals surface area contributed by atoms with Crippen LogP contribution in [0.3, 0.4) is 0 Å². The lowest BCUT2D eigenvalue weighted by Crippen LogP contribution is -2.90. The van der Waals surface area contributed by atoms with Gasteiger partial charge in [-0.1, -0.05) is 36.0 Å². The number of carbonyl (C=O) groups is 1. The van der Waals surface area contributed by atoms with Gasteiger partial charge in [0.1, 0.15) is 12.0 Å². The van der Waals surface area contributed by atoms with E-state index in [1.807, 2.05) is 17.4 Å². The van der Waals surface area contributed by atoms with Gasteiger partial charge in [-0.2, -0.15) is 0 Å². The van der Waals surface area contributed by atoms with Crippen molar-refractivity contribution in [1.29, 1.82) is 0 Å². The summed E-state index contributed by atoms with van der Waals surface area (Å²) in [6.07, 6.45) is 0. The summed E-state index contributed by atoms with van der Waals surface area (Å²) >= 11 is 1.67. The van der Waals surface area contributed by atoms with Crippen LogP contribution in [0.2, 0.25) is 0 Å². The van der Waals surface area contributed by atoms with Crippen LogP contribution in [0.4, 0.5) is 0 Å². The van der Waals surface area contributed by atoms with Gasteiger partial charge in [-0.25, -0.2) is 0 Å². The molecule has 3 nitrogen and oxygen atoms in total. The monoisotopic (exact) mass is 223 g/mol. The number of hydrogen-bond acceptors (Lipinski definition) is 3. The van der Waals surface area contributed by atoms with E-state index in [-0.39, 0.29) is 5.37 Å². The molecule has 2 rings (SSSR count). The molecule has 0 aliphatic carbocycles. The molecule has 2 atom stereocenters. The second kappa shape index (κ2) is 4.24. The third kappa shape index (κ3) is 2.16. The molecule has 0 unspecified atom stereocenters. The maximum Gasteiger partial charge on any atom is 0.159 e. The Morgan fingerprint density at radius 1 is 1.53 bits per heavy atom. The third-order valence-corrected chi connectivity index (χ3v) is 3.98. The quantitative estimate of drug-likeness (QED) is 0.730. The Kier molecular flexibility index (Phi) is 2.98. The minimum Gasteiger partial charge on any atom is -0.544 e. The van der Waals surface area contributed by atoms with Crippen LogP contribution in [0, 0.1) is 6.92 Å². The maximum atomic E-state index is 10.7. The Hall–Kier alpha value is -1.00. The van der Waals surface area contributed by atoms with Gasteiger partial charge in [0, 0.05) is 5.56 Å². The van der Waals surface area contributed by atoms with E-state index < -0.39 is 12.0 Å². The Morgan fingerprint density at radius 3 is 2.87 bits per heavy atom. The zero-order valence-electron chi connectivity index (χ0n) is 8.47. The molecule has 0 saturated carbocycles. The lowest BCUT2D eigenvalue weighted by molar-refractivity contribution is -0.690. The number of carbonyl (C=O) groups excluding carboxylic acids is 1. The van der Waals surface area contributed by atoms with Gasteiger partial charge >= 0.3 is 0 Å². The number of aryl methyl sites for hydroxylation is 1. The molecule has 1 aromatic rings.